The molecule has 2 heterocycles. The molecule has 0 bridgehead atoms. The van der Waals surface area contributed by atoms with E-state index in [0.717, 1.165) is 22.5 Å². The second kappa shape index (κ2) is 14.2. The van der Waals surface area contributed by atoms with Crippen LogP contribution in [-0.2, 0) is 0 Å². The van der Waals surface area contributed by atoms with Gasteiger partial charge in [-0.2, -0.15) is 5.26 Å². The van der Waals surface area contributed by atoms with Crippen LogP contribution in [0.2, 0.25) is 0 Å². The maximum Gasteiger partial charge on any atom is 0.573 e. The summed E-state index contributed by atoms with van der Waals surface area (Å²) < 4.78 is 50.1. The second-order valence-electron chi connectivity index (χ2n) is 10.8. The van der Waals surface area contributed by atoms with Gasteiger partial charge >= 0.3 is 6.36 Å². The Kier molecular flexibility index (Phi) is 10.1. The first-order valence-electron chi connectivity index (χ1n) is 14.5. The highest BCUT2D eigenvalue weighted by atomic mass is 32.1. The van der Waals surface area contributed by atoms with Gasteiger partial charge in [-0.1, -0.05) is 44.2 Å². The van der Waals surface area contributed by atoms with E-state index in [0.29, 0.717) is 27.6 Å². The van der Waals surface area contributed by atoms with Crippen LogP contribution in [0, 0.1) is 18.3 Å². The van der Waals surface area contributed by atoms with Gasteiger partial charge in [-0.25, -0.2) is 14.7 Å². The molecular weight excluding hydrogens is 631 g/mol. The third-order valence-corrected chi connectivity index (χ3v) is 8.23. The van der Waals surface area contributed by atoms with Crippen LogP contribution >= 0.6 is 11.3 Å². The van der Waals surface area contributed by atoms with Crippen LogP contribution in [0.5, 0.6) is 11.5 Å². The first-order valence-corrected chi connectivity index (χ1v) is 15.4. The lowest BCUT2D eigenvalue weighted by molar-refractivity contribution is -0.274. The highest BCUT2D eigenvalue weighted by molar-refractivity contribution is 7.07. The van der Waals surface area contributed by atoms with E-state index in [9.17, 15) is 23.5 Å². The summed E-state index contributed by atoms with van der Waals surface area (Å²) in [6.45, 7) is 6.34. The molecule has 2 N–H and O–H groups in total. The fraction of sp³-hybridized carbons (Fsp3) is 0.273. The molecule has 2 aromatic heterocycles. The van der Waals surface area contributed by atoms with Gasteiger partial charge in [0.15, 0.2) is 10.6 Å². The molecule has 14 heteroatoms. The third-order valence-electron chi connectivity index (χ3n) is 7.27. The number of ether oxygens (including phenoxy) is 2. The van der Waals surface area contributed by atoms with Crippen molar-refractivity contribution in [1.29, 1.82) is 5.26 Å². The molecule has 5 aromatic rings. The van der Waals surface area contributed by atoms with Crippen LogP contribution in [0.3, 0.4) is 0 Å². The predicted molar refractivity (Wildman–Crippen MR) is 170 cm³/mol. The number of nitriles is 1. The Morgan fingerprint density at radius 3 is 2.40 bits per heavy atom. The highest BCUT2D eigenvalue weighted by Crippen LogP contribution is 2.28. The van der Waals surface area contributed by atoms with Crippen molar-refractivity contribution >= 4 is 11.3 Å². The van der Waals surface area contributed by atoms with Crippen molar-refractivity contribution in [3.8, 4) is 40.3 Å². The molecule has 10 nitrogen and oxygen atoms in total. The summed E-state index contributed by atoms with van der Waals surface area (Å²) in [4.78, 5) is 9.41. The molecule has 0 aliphatic carbocycles. The topological polar surface area (TPSA) is 123 Å². The minimum absolute atomic E-state index is 0.141. The lowest BCUT2D eigenvalue weighted by Gasteiger charge is -2.17. The van der Waals surface area contributed by atoms with Crippen molar-refractivity contribution < 1.29 is 27.8 Å². The molecule has 5 rings (SSSR count). The number of benzene rings is 3. The number of aliphatic hydroxyl groups is 1. The van der Waals surface area contributed by atoms with E-state index >= 15 is 0 Å². The number of nitrogens with one attached hydrogen (secondary N) is 1. The minimum Gasteiger partial charge on any atom is -0.497 e. The fourth-order valence-corrected chi connectivity index (χ4v) is 5.79. The van der Waals surface area contributed by atoms with E-state index in [1.54, 1.807) is 31.4 Å². The van der Waals surface area contributed by atoms with Gasteiger partial charge in [0.2, 0.25) is 6.35 Å². The number of aromatic nitrogens is 4. The number of alkyl halides is 3. The zero-order valence-corrected chi connectivity index (χ0v) is 26.8. The van der Waals surface area contributed by atoms with Gasteiger partial charge in [0.25, 0.3) is 0 Å². The van der Waals surface area contributed by atoms with Crippen molar-refractivity contribution in [2.45, 2.75) is 45.3 Å². The van der Waals surface area contributed by atoms with E-state index in [1.165, 1.54) is 46.6 Å². The number of rotatable bonds is 11. The molecule has 0 spiro atoms. The maximum absolute atomic E-state index is 12.4. The van der Waals surface area contributed by atoms with Crippen molar-refractivity contribution in [2.75, 3.05) is 13.7 Å². The van der Waals surface area contributed by atoms with E-state index in [1.807, 2.05) is 35.1 Å². The number of aryl methyl sites for hydroxylation is 1. The van der Waals surface area contributed by atoms with Crippen molar-refractivity contribution in [1.82, 2.24) is 24.6 Å². The summed E-state index contributed by atoms with van der Waals surface area (Å²) in [6, 6.07) is 20.6. The van der Waals surface area contributed by atoms with Gasteiger partial charge in [0.05, 0.1) is 30.5 Å². The van der Waals surface area contributed by atoms with Crippen LogP contribution < -0.4 is 19.6 Å². The maximum atomic E-state index is 12.4. The quantitative estimate of drug-likeness (QED) is 0.161. The summed E-state index contributed by atoms with van der Waals surface area (Å²) in [6.07, 6.45) is -4.58. The molecular formula is C33H32F3N7O3S. The third kappa shape index (κ3) is 8.07. The summed E-state index contributed by atoms with van der Waals surface area (Å²) in [5, 5.41) is 30.0. The lowest BCUT2D eigenvalue weighted by Crippen LogP contribution is -2.33. The second-order valence-corrected chi connectivity index (χ2v) is 11.7. The molecule has 3 aromatic carbocycles. The van der Waals surface area contributed by atoms with Crippen LogP contribution in [0.1, 0.15) is 42.5 Å². The number of methoxy groups -OCH3 is 1. The SMILES string of the molecule is COc1ccc(C(C)C)c(-n2c(C)cs/c2=N\C(O)NCC(C#N)c2ccc(-c3ncn(-c4ccc(OC(F)(F)F)cc4)n3)cc2)c1. The minimum atomic E-state index is -4.77. The van der Waals surface area contributed by atoms with E-state index in [2.05, 4.69) is 45.0 Å². The first-order chi connectivity index (χ1) is 22.5. The van der Waals surface area contributed by atoms with Crippen molar-refractivity contribution in [3.63, 3.8) is 0 Å². The summed E-state index contributed by atoms with van der Waals surface area (Å²) in [5.41, 5.74) is 4.89. The van der Waals surface area contributed by atoms with Crippen molar-refractivity contribution in [2.24, 2.45) is 4.99 Å². The van der Waals surface area contributed by atoms with Gasteiger partial charge in [-0.05, 0) is 54.3 Å². The average molecular weight is 664 g/mol. The largest absolute Gasteiger partial charge is 0.573 e. The van der Waals surface area contributed by atoms with Crippen molar-refractivity contribution in [3.05, 3.63) is 100 Å². The van der Waals surface area contributed by atoms with E-state index in [4.69, 9.17) is 4.74 Å². The van der Waals surface area contributed by atoms with Crippen LogP contribution in [0.4, 0.5) is 13.2 Å². The zero-order valence-electron chi connectivity index (χ0n) is 25.9. The molecule has 47 heavy (non-hydrogen) atoms. The van der Waals surface area contributed by atoms with Gasteiger partial charge in [0, 0.05) is 29.2 Å². The van der Waals surface area contributed by atoms with Gasteiger partial charge < -0.3 is 14.6 Å². The number of hydrogen-bond donors (Lipinski definition) is 2. The lowest BCUT2D eigenvalue weighted by atomic mass is 9.99. The van der Waals surface area contributed by atoms with Crippen LogP contribution in [0.25, 0.3) is 22.8 Å². The summed E-state index contributed by atoms with van der Waals surface area (Å²) in [5.74, 6) is 0.436. The number of hydrogen-bond acceptors (Lipinski definition) is 9. The Bertz CT molecular complexity index is 1930. The van der Waals surface area contributed by atoms with E-state index in [-0.39, 0.29) is 18.2 Å². The number of aliphatic hydroxyl groups excluding tert-OH is 1. The Morgan fingerprint density at radius 1 is 1.06 bits per heavy atom. The molecule has 0 saturated carbocycles. The molecule has 0 saturated heterocycles. The highest BCUT2D eigenvalue weighted by Gasteiger charge is 2.31. The first kappa shape index (κ1) is 33.4. The normalized spacial score (nSPS) is 13.4. The Balaban J connectivity index is 1.27. The molecule has 244 valence electrons. The molecule has 0 amide bonds. The van der Waals surface area contributed by atoms with Crippen LogP contribution in [-0.4, -0.2) is 50.8 Å². The van der Waals surface area contributed by atoms with Gasteiger partial charge in [0.1, 0.15) is 17.8 Å². The van der Waals surface area contributed by atoms with E-state index < -0.39 is 18.6 Å². The van der Waals surface area contributed by atoms with Gasteiger partial charge in [-0.3, -0.25) is 9.88 Å². The summed E-state index contributed by atoms with van der Waals surface area (Å²) >= 11 is 1.40. The van der Waals surface area contributed by atoms with Crippen LogP contribution in [0.15, 0.2) is 83.4 Å². The fourth-order valence-electron chi connectivity index (χ4n) is 4.90. The Hall–Kier alpha value is -4.97. The zero-order chi connectivity index (χ0) is 33.7. The molecule has 0 radical (unpaired) electrons. The number of thiazole rings is 1. The Morgan fingerprint density at radius 2 is 1.77 bits per heavy atom. The average Bonchev–Trinajstić information content (AvgIpc) is 3.68. The van der Waals surface area contributed by atoms with Gasteiger partial charge in [-0.15, -0.1) is 29.6 Å². The molecule has 0 aliphatic heterocycles. The molecule has 2 unspecified atom stereocenters. The summed E-state index contributed by atoms with van der Waals surface area (Å²) in [7, 11) is 1.62. The number of nitrogens with zero attached hydrogens (tertiary/aromatic N) is 6. The molecule has 0 aliphatic rings. The smallest absolute Gasteiger partial charge is 0.497 e. The predicted octanol–water partition coefficient (Wildman–Crippen LogP) is 6.20. The standard InChI is InChI=1S/C33H32F3N7O3S/c1-20(2)28-14-13-27(45-4)15-29(28)43-21(3)18-47-32(43)40-31(44)38-17-24(16-37)22-5-7-23(8-6-22)30-39-19-42(41-30)25-9-11-26(12-10-25)46-33(34,35)36/h5-15,18-20,24,31,38,44H,17H2,1-4H3/b40-32-. The number of halogens is 3. The molecule has 2 atom stereocenters. The Labute approximate surface area is 273 Å². The molecule has 0 fully saturated rings. The monoisotopic (exact) mass is 663 g/mol.